The van der Waals surface area contributed by atoms with Crippen molar-refractivity contribution >= 4 is 28.6 Å². The van der Waals surface area contributed by atoms with Gasteiger partial charge < -0.3 is 0 Å². The van der Waals surface area contributed by atoms with Crippen molar-refractivity contribution in [3.05, 3.63) is 30.6 Å². The Morgan fingerprint density at radius 1 is 1.35 bits per heavy atom. The first-order chi connectivity index (χ1) is 8.25. The molecule has 0 bridgehead atoms. The minimum atomic E-state index is -0.322. The summed E-state index contributed by atoms with van der Waals surface area (Å²) in [5.41, 5.74) is 3.90. The van der Waals surface area contributed by atoms with E-state index in [1.807, 2.05) is 18.2 Å². The van der Waals surface area contributed by atoms with Crippen LogP contribution in [0.1, 0.15) is 11.2 Å². The SMILES string of the molecule is O=C1CC(C(=O)n2cnc3ccccc32)=NN1. The van der Waals surface area contributed by atoms with Crippen molar-refractivity contribution in [2.75, 3.05) is 0 Å². The second-order valence-electron chi connectivity index (χ2n) is 3.68. The molecular formula is C11H8N4O2. The van der Waals surface area contributed by atoms with Crippen LogP contribution in [0.3, 0.4) is 0 Å². The summed E-state index contributed by atoms with van der Waals surface area (Å²) < 4.78 is 1.40. The first kappa shape index (κ1) is 9.71. The van der Waals surface area contributed by atoms with E-state index in [1.165, 1.54) is 10.9 Å². The van der Waals surface area contributed by atoms with E-state index in [0.717, 1.165) is 5.52 Å². The number of fused-ring (bicyclic) bond motifs is 1. The van der Waals surface area contributed by atoms with Gasteiger partial charge in [0.15, 0.2) is 0 Å². The second kappa shape index (κ2) is 3.51. The standard InChI is InChI=1S/C11H8N4O2/c16-10-5-8(13-14-10)11(17)15-6-12-7-3-1-2-4-9(7)15/h1-4,6H,5H2,(H,14,16). The molecular weight excluding hydrogens is 220 g/mol. The van der Waals surface area contributed by atoms with Gasteiger partial charge in [0.2, 0.25) is 5.91 Å². The topological polar surface area (TPSA) is 76.3 Å². The van der Waals surface area contributed by atoms with E-state index >= 15 is 0 Å². The van der Waals surface area contributed by atoms with Gasteiger partial charge in [0.25, 0.3) is 5.91 Å². The average molecular weight is 228 g/mol. The van der Waals surface area contributed by atoms with Gasteiger partial charge in [-0.1, -0.05) is 12.1 Å². The van der Waals surface area contributed by atoms with Crippen LogP contribution in [-0.4, -0.2) is 27.1 Å². The first-order valence-corrected chi connectivity index (χ1v) is 5.08. The van der Waals surface area contributed by atoms with Gasteiger partial charge in [-0.05, 0) is 12.1 Å². The summed E-state index contributed by atoms with van der Waals surface area (Å²) >= 11 is 0. The Bertz CT molecular complexity index is 656. The van der Waals surface area contributed by atoms with Crippen LogP contribution in [0.4, 0.5) is 0 Å². The monoisotopic (exact) mass is 228 g/mol. The molecule has 17 heavy (non-hydrogen) atoms. The average Bonchev–Trinajstić information content (AvgIpc) is 2.94. The normalized spacial score (nSPS) is 14.8. The van der Waals surface area contributed by atoms with Gasteiger partial charge in [-0.3, -0.25) is 14.2 Å². The highest BCUT2D eigenvalue weighted by molar-refractivity contribution is 6.44. The molecule has 0 fully saturated rings. The first-order valence-electron chi connectivity index (χ1n) is 5.08. The number of carbonyl (C=O) groups excluding carboxylic acids is 2. The number of hydrazone groups is 1. The fourth-order valence-corrected chi connectivity index (χ4v) is 1.74. The lowest BCUT2D eigenvalue weighted by Gasteiger charge is -2.00. The predicted octanol–water partition coefficient (Wildman–Crippen LogP) is 0.552. The highest BCUT2D eigenvalue weighted by Gasteiger charge is 2.23. The zero-order valence-electron chi connectivity index (χ0n) is 8.75. The Hall–Kier alpha value is -2.50. The number of imidazole rings is 1. The lowest BCUT2D eigenvalue weighted by atomic mass is 10.2. The smallest absolute Gasteiger partial charge is 0.273 e. The van der Waals surface area contributed by atoms with Crippen LogP contribution >= 0.6 is 0 Å². The summed E-state index contributed by atoms with van der Waals surface area (Å²) in [7, 11) is 0. The fraction of sp³-hybridized carbons (Fsp3) is 0.0909. The third-order valence-corrected chi connectivity index (χ3v) is 2.56. The van der Waals surface area contributed by atoms with Gasteiger partial charge in [0.05, 0.1) is 17.5 Å². The highest BCUT2D eigenvalue weighted by Crippen LogP contribution is 2.12. The van der Waals surface area contributed by atoms with Crippen LogP contribution in [0.15, 0.2) is 35.7 Å². The fourth-order valence-electron chi connectivity index (χ4n) is 1.74. The van der Waals surface area contributed by atoms with E-state index in [2.05, 4.69) is 15.5 Å². The van der Waals surface area contributed by atoms with Crippen LogP contribution < -0.4 is 5.43 Å². The minimum absolute atomic E-state index is 0.0192. The summed E-state index contributed by atoms with van der Waals surface area (Å²) in [5, 5.41) is 3.70. The maximum atomic E-state index is 12.1. The molecule has 2 heterocycles. The number of nitrogens with zero attached hydrogens (tertiary/aromatic N) is 3. The molecule has 2 aromatic rings. The molecule has 0 spiro atoms. The Kier molecular flexibility index (Phi) is 2.01. The number of para-hydroxylation sites is 2. The van der Waals surface area contributed by atoms with Crippen LogP contribution in [0.5, 0.6) is 0 Å². The van der Waals surface area contributed by atoms with Crippen LogP contribution in [-0.2, 0) is 4.79 Å². The molecule has 1 N–H and O–H groups in total. The molecule has 1 aromatic carbocycles. The molecule has 0 saturated carbocycles. The number of rotatable bonds is 1. The van der Waals surface area contributed by atoms with Gasteiger partial charge in [-0.15, -0.1) is 0 Å². The zero-order valence-corrected chi connectivity index (χ0v) is 8.75. The van der Waals surface area contributed by atoms with Gasteiger partial charge in [-0.2, -0.15) is 5.10 Å². The molecule has 3 rings (SSSR count). The molecule has 84 valence electrons. The number of carbonyl (C=O) groups is 2. The third kappa shape index (κ3) is 1.50. The van der Waals surface area contributed by atoms with Crippen molar-refractivity contribution in [2.24, 2.45) is 5.10 Å². The van der Waals surface area contributed by atoms with Crippen molar-refractivity contribution in [2.45, 2.75) is 6.42 Å². The third-order valence-electron chi connectivity index (χ3n) is 2.56. The van der Waals surface area contributed by atoms with Crippen molar-refractivity contribution in [1.29, 1.82) is 0 Å². The molecule has 0 aliphatic carbocycles. The molecule has 6 heteroatoms. The molecule has 0 radical (unpaired) electrons. The van der Waals surface area contributed by atoms with E-state index in [-0.39, 0.29) is 23.9 Å². The van der Waals surface area contributed by atoms with Crippen molar-refractivity contribution in [3.63, 3.8) is 0 Å². The quantitative estimate of drug-likeness (QED) is 0.774. The molecule has 1 aliphatic heterocycles. The second-order valence-corrected chi connectivity index (χ2v) is 3.68. The summed E-state index contributed by atoms with van der Waals surface area (Å²) in [6.45, 7) is 0. The Labute approximate surface area is 95.9 Å². The van der Waals surface area contributed by atoms with E-state index in [0.29, 0.717) is 5.52 Å². The van der Waals surface area contributed by atoms with Crippen LogP contribution in [0, 0.1) is 0 Å². The van der Waals surface area contributed by atoms with Gasteiger partial charge in [0.1, 0.15) is 12.0 Å². The Morgan fingerprint density at radius 2 is 2.18 bits per heavy atom. The summed E-state index contributed by atoms with van der Waals surface area (Å²) in [6, 6.07) is 7.29. The molecule has 0 saturated heterocycles. The number of hydrogen-bond acceptors (Lipinski definition) is 4. The van der Waals surface area contributed by atoms with Crippen LogP contribution in [0.2, 0.25) is 0 Å². The van der Waals surface area contributed by atoms with Crippen molar-refractivity contribution in [3.8, 4) is 0 Å². The lowest BCUT2D eigenvalue weighted by molar-refractivity contribution is -0.119. The Balaban J connectivity index is 2.04. The number of amides is 1. The molecule has 1 aromatic heterocycles. The summed E-state index contributed by atoms with van der Waals surface area (Å²) in [6.07, 6.45) is 1.46. The van der Waals surface area contributed by atoms with E-state index in [1.54, 1.807) is 6.07 Å². The van der Waals surface area contributed by atoms with Crippen molar-refractivity contribution < 1.29 is 9.59 Å². The van der Waals surface area contributed by atoms with E-state index in [9.17, 15) is 9.59 Å². The molecule has 0 unspecified atom stereocenters. The minimum Gasteiger partial charge on any atom is -0.273 e. The van der Waals surface area contributed by atoms with Gasteiger partial charge >= 0.3 is 0 Å². The van der Waals surface area contributed by atoms with E-state index < -0.39 is 0 Å². The van der Waals surface area contributed by atoms with E-state index in [4.69, 9.17) is 0 Å². The maximum absolute atomic E-state index is 12.1. The van der Waals surface area contributed by atoms with Crippen LogP contribution in [0.25, 0.3) is 11.0 Å². The number of benzene rings is 1. The summed E-state index contributed by atoms with van der Waals surface area (Å²) in [4.78, 5) is 27.2. The number of hydrogen-bond donors (Lipinski definition) is 1. The molecule has 1 aliphatic rings. The highest BCUT2D eigenvalue weighted by atomic mass is 16.2. The molecule has 1 amide bonds. The van der Waals surface area contributed by atoms with Crippen molar-refractivity contribution in [1.82, 2.24) is 15.0 Å². The lowest BCUT2D eigenvalue weighted by Crippen LogP contribution is -2.20. The maximum Gasteiger partial charge on any atom is 0.280 e. The number of aromatic nitrogens is 2. The predicted molar refractivity (Wildman–Crippen MR) is 60.6 cm³/mol. The zero-order chi connectivity index (χ0) is 11.8. The number of nitrogens with one attached hydrogen (secondary N) is 1. The molecule has 0 atom stereocenters. The Morgan fingerprint density at radius 3 is 2.94 bits per heavy atom. The molecule has 6 nitrogen and oxygen atoms in total. The van der Waals surface area contributed by atoms with Gasteiger partial charge in [0, 0.05) is 0 Å². The van der Waals surface area contributed by atoms with Gasteiger partial charge in [-0.25, -0.2) is 10.4 Å². The summed E-state index contributed by atoms with van der Waals surface area (Å²) in [5.74, 6) is -0.588. The largest absolute Gasteiger partial charge is 0.280 e.